The largest absolute Gasteiger partial charge is 0.479 e. The lowest BCUT2D eigenvalue weighted by molar-refractivity contribution is -0.149. The van der Waals surface area contributed by atoms with Crippen molar-refractivity contribution in [1.29, 1.82) is 0 Å². The van der Waals surface area contributed by atoms with Crippen molar-refractivity contribution < 1.29 is 19.4 Å². The van der Waals surface area contributed by atoms with E-state index in [-0.39, 0.29) is 6.61 Å². The number of carbonyl (C=O) groups is 2. The molecule has 1 unspecified atom stereocenters. The van der Waals surface area contributed by atoms with Gasteiger partial charge in [-0.1, -0.05) is 12.1 Å². The second-order valence-electron chi connectivity index (χ2n) is 3.36. The summed E-state index contributed by atoms with van der Waals surface area (Å²) in [6.45, 7) is 1.58. The Morgan fingerprint density at radius 3 is 2.75 bits per heavy atom. The fourth-order valence-corrected chi connectivity index (χ4v) is 1.11. The van der Waals surface area contributed by atoms with E-state index in [1.165, 1.54) is 6.92 Å². The lowest BCUT2D eigenvalue weighted by Gasteiger charge is -2.08. The molecular weight excluding hydrogens is 210 g/mol. The predicted octanol–water partition coefficient (Wildman–Crippen LogP) is 0.775. The quantitative estimate of drug-likeness (QED) is 0.771. The molecule has 0 saturated heterocycles. The number of ether oxygens (including phenoxy) is 1. The highest BCUT2D eigenvalue weighted by Gasteiger charge is 2.11. The number of carboxylic acid groups (broad SMARTS) is 1. The van der Waals surface area contributed by atoms with Crippen molar-refractivity contribution in [3.8, 4) is 0 Å². The highest BCUT2D eigenvalue weighted by Crippen LogP contribution is 2.07. The normalized spacial score (nSPS) is 12.1. The number of nitrogens with two attached hydrogens (primary N) is 1. The molecular formula is C11H13NO4. The molecule has 0 heterocycles. The first-order chi connectivity index (χ1) is 7.50. The Bertz CT molecular complexity index is 403. The van der Waals surface area contributed by atoms with Gasteiger partial charge in [-0.05, 0) is 24.6 Å². The van der Waals surface area contributed by atoms with Crippen LogP contribution in [0.15, 0.2) is 24.3 Å². The molecule has 0 radical (unpaired) electrons. The number of hydrogen-bond acceptors (Lipinski definition) is 3. The number of carbonyl (C=O) groups excluding carboxylic acids is 1. The molecule has 1 aromatic rings. The summed E-state index contributed by atoms with van der Waals surface area (Å²) >= 11 is 0. The molecule has 0 aliphatic carbocycles. The van der Waals surface area contributed by atoms with Crippen LogP contribution >= 0.6 is 0 Å². The first-order valence-electron chi connectivity index (χ1n) is 4.74. The van der Waals surface area contributed by atoms with Gasteiger partial charge in [-0.3, -0.25) is 4.79 Å². The minimum atomic E-state index is -1.02. The summed E-state index contributed by atoms with van der Waals surface area (Å²) < 4.78 is 5.07. The number of benzene rings is 1. The van der Waals surface area contributed by atoms with Gasteiger partial charge in [-0.25, -0.2) is 4.79 Å². The molecule has 1 atom stereocenters. The van der Waals surface area contributed by atoms with Gasteiger partial charge in [0.05, 0.1) is 6.61 Å². The standard InChI is InChI=1S/C11H13NO4/c1-7(11(14)15)16-6-8-3-2-4-9(5-8)10(12)13/h2-5,7H,6H2,1H3,(H2,12,13)(H,14,15). The maximum atomic E-state index is 10.9. The monoisotopic (exact) mass is 223 g/mol. The lowest BCUT2D eigenvalue weighted by atomic mass is 10.1. The molecule has 5 nitrogen and oxygen atoms in total. The number of rotatable bonds is 5. The van der Waals surface area contributed by atoms with Gasteiger partial charge in [0.1, 0.15) is 0 Å². The minimum Gasteiger partial charge on any atom is -0.479 e. The second-order valence-corrected chi connectivity index (χ2v) is 3.36. The third kappa shape index (κ3) is 3.36. The van der Waals surface area contributed by atoms with Crippen LogP contribution in [0.1, 0.15) is 22.8 Å². The second kappa shape index (κ2) is 5.27. The van der Waals surface area contributed by atoms with Gasteiger partial charge in [-0.15, -0.1) is 0 Å². The summed E-state index contributed by atoms with van der Waals surface area (Å²) in [5, 5.41) is 8.60. The molecule has 1 amide bonds. The van der Waals surface area contributed by atoms with Crippen LogP contribution < -0.4 is 5.73 Å². The van der Waals surface area contributed by atoms with Crippen LogP contribution in [-0.2, 0) is 16.1 Å². The zero-order valence-corrected chi connectivity index (χ0v) is 8.84. The van der Waals surface area contributed by atoms with Crippen LogP contribution in [0.3, 0.4) is 0 Å². The van der Waals surface area contributed by atoms with E-state index in [4.69, 9.17) is 15.6 Å². The number of primary amides is 1. The fourth-order valence-electron chi connectivity index (χ4n) is 1.11. The zero-order chi connectivity index (χ0) is 12.1. The van der Waals surface area contributed by atoms with Crippen molar-refractivity contribution in [3.63, 3.8) is 0 Å². The zero-order valence-electron chi connectivity index (χ0n) is 8.84. The molecule has 1 aromatic carbocycles. The Balaban J connectivity index is 2.64. The molecule has 0 aliphatic rings. The molecule has 0 fully saturated rings. The fraction of sp³-hybridized carbons (Fsp3) is 0.273. The molecule has 16 heavy (non-hydrogen) atoms. The third-order valence-corrected chi connectivity index (χ3v) is 2.06. The van der Waals surface area contributed by atoms with Crippen molar-refractivity contribution in [2.75, 3.05) is 0 Å². The van der Waals surface area contributed by atoms with E-state index in [1.54, 1.807) is 24.3 Å². The van der Waals surface area contributed by atoms with Crippen molar-refractivity contribution in [2.45, 2.75) is 19.6 Å². The Kier molecular flexibility index (Phi) is 4.02. The van der Waals surface area contributed by atoms with Crippen molar-refractivity contribution in [2.24, 2.45) is 5.73 Å². The van der Waals surface area contributed by atoms with Crippen LogP contribution in [0.25, 0.3) is 0 Å². The highest BCUT2D eigenvalue weighted by atomic mass is 16.5. The van der Waals surface area contributed by atoms with Crippen LogP contribution in [-0.4, -0.2) is 23.1 Å². The average molecular weight is 223 g/mol. The molecule has 0 aromatic heterocycles. The SMILES string of the molecule is CC(OCc1cccc(C(N)=O)c1)C(=O)O. The van der Waals surface area contributed by atoms with E-state index >= 15 is 0 Å². The molecule has 5 heteroatoms. The summed E-state index contributed by atoms with van der Waals surface area (Å²) in [6.07, 6.45) is -0.878. The summed E-state index contributed by atoms with van der Waals surface area (Å²) in [4.78, 5) is 21.4. The Labute approximate surface area is 92.8 Å². The molecule has 0 spiro atoms. The number of amides is 1. The number of aliphatic carboxylic acids is 1. The molecule has 0 aliphatic heterocycles. The minimum absolute atomic E-state index is 0.134. The van der Waals surface area contributed by atoms with Crippen LogP contribution in [0.5, 0.6) is 0 Å². The van der Waals surface area contributed by atoms with E-state index in [1.807, 2.05) is 0 Å². The van der Waals surface area contributed by atoms with Crippen molar-refractivity contribution >= 4 is 11.9 Å². The van der Waals surface area contributed by atoms with E-state index in [9.17, 15) is 9.59 Å². The van der Waals surface area contributed by atoms with Crippen LogP contribution in [0.2, 0.25) is 0 Å². The Hall–Kier alpha value is -1.88. The Morgan fingerprint density at radius 2 is 2.19 bits per heavy atom. The van der Waals surface area contributed by atoms with Crippen LogP contribution in [0, 0.1) is 0 Å². The molecule has 0 bridgehead atoms. The molecule has 1 rings (SSSR count). The summed E-state index contributed by atoms with van der Waals surface area (Å²) in [5.74, 6) is -1.54. The van der Waals surface area contributed by atoms with Crippen LogP contribution in [0.4, 0.5) is 0 Å². The third-order valence-electron chi connectivity index (χ3n) is 2.06. The lowest BCUT2D eigenvalue weighted by Crippen LogP contribution is -2.19. The average Bonchev–Trinajstić information content (AvgIpc) is 2.26. The topological polar surface area (TPSA) is 89.6 Å². The van der Waals surface area contributed by atoms with E-state index in [2.05, 4.69) is 0 Å². The van der Waals surface area contributed by atoms with E-state index in [0.717, 1.165) is 0 Å². The summed E-state index contributed by atoms with van der Waals surface area (Å²) in [5.41, 5.74) is 6.20. The summed E-state index contributed by atoms with van der Waals surface area (Å²) in [6, 6.07) is 6.58. The number of hydrogen-bond donors (Lipinski definition) is 2. The molecule has 0 saturated carbocycles. The highest BCUT2D eigenvalue weighted by molar-refractivity contribution is 5.92. The van der Waals surface area contributed by atoms with Gasteiger partial charge in [-0.2, -0.15) is 0 Å². The first-order valence-corrected chi connectivity index (χ1v) is 4.74. The Morgan fingerprint density at radius 1 is 1.50 bits per heavy atom. The number of carboxylic acids is 1. The summed E-state index contributed by atoms with van der Waals surface area (Å²) in [7, 11) is 0. The van der Waals surface area contributed by atoms with Crippen molar-refractivity contribution in [1.82, 2.24) is 0 Å². The van der Waals surface area contributed by atoms with Gasteiger partial charge in [0.15, 0.2) is 6.10 Å². The smallest absolute Gasteiger partial charge is 0.332 e. The maximum absolute atomic E-state index is 10.9. The van der Waals surface area contributed by atoms with Gasteiger partial charge in [0, 0.05) is 5.56 Å². The van der Waals surface area contributed by atoms with Gasteiger partial charge < -0.3 is 15.6 Å². The molecule has 86 valence electrons. The van der Waals surface area contributed by atoms with E-state index < -0.39 is 18.0 Å². The van der Waals surface area contributed by atoms with Gasteiger partial charge in [0.25, 0.3) is 0 Å². The van der Waals surface area contributed by atoms with Gasteiger partial charge >= 0.3 is 5.97 Å². The first kappa shape index (κ1) is 12.2. The van der Waals surface area contributed by atoms with Gasteiger partial charge in [0.2, 0.25) is 5.91 Å². The van der Waals surface area contributed by atoms with Crippen molar-refractivity contribution in [3.05, 3.63) is 35.4 Å². The van der Waals surface area contributed by atoms with E-state index in [0.29, 0.717) is 11.1 Å². The molecule has 3 N–H and O–H groups in total. The predicted molar refractivity (Wildman–Crippen MR) is 56.8 cm³/mol. The maximum Gasteiger partial charge on any atom is 0.332 e.